The minimum absolute atomic E-state index is 0.258. The number of halogens is 2. The average molecular weight is 395 g/mol. The molecule has 2 saturated heterocycles. The summed E-state index contributed by atoms with van der Waals surface area (Å²) >= 11 is 0. The van der Waals surface area contributed by atoms with Crippen LogP contribution in [0.5, 0.6) is 0 Å². The Kier molecular flexibility index (Phi) is 8.03. The number of nitrogens with zero attached hydrogens (tertiary/aromatic N) is 2. The van der Waals surface area contributed by atoms with Crippen molar-refractivity contribution in [1.82, 2.24) is 10.2 Å². The molecule has 0 spiro atoms. The maximum Gasteiger partial charge on any atom is 0.193 e. The molecule has 2 aliphatic rings. The Balaban J connectivity index is 1.37. The second-order valence-corrected chi connectivity index (χ2v) is 7.51. The second kappa shape index (κ2) is 10.7. The molecule has 7 heteroatoms. The number of rotatable bonds is 6. The number of likely N-dealkylation sites (tertiary alicyclic amines) is 1. The van der Waals surface area contributed by atoms with Gasteiger partial charge < -0.3 is 19.7 Å². The first kappa shape index (κ1) is 21.0. The van der Waals surface area contributed by atoms with Gasteiger partial charge >= 0.3 is 0 Å². The van der Waals surface area contributed by atoms with Crippen LogP contribution in [0.1, 0.15) is 37.7 Å². The van der Waals surface area contributed by atoms with E-state index in [0.717, 1.165) is 57.4 Å². The molecule has 2 aliphatic heterocycles. The monoisotopic (exact) mass is 395 g/mol. The number of benzene rings is 1. The standard InChI is InChI=1S/C21H31F2N3O2/c1-24-21(25-8-5-16-12-17(22)14-18(23)13-16)26-9-6-19(7-10-26)28-15-20-4-2-3-11-27-20/h12-14,19-20H,2-11,15H2,1H3,(H,24,25). The largest absolute Gasteiger partial charge is 0.376 e. The van der Waals surface area contributed by atoms with Crippen LogP contribution >= 0.6 is 0 Å². The van der Waals surface area contributed by atoms with Crippen molar-refractivity contribution in [2.45, 2.75) is 50.7 Å². The van der Waals surface area contributed by atoms with Gasteiger partial charge in [-0.25, -0.2) is 8.78 Å². The molecule has 3 rings (SSSR count). The van der Waals surface area contributed by atoms with E-state index < -0.39 is 11.6 Å². The molecule has 0 saturated carbocycles. The Morgan fingerprint density at radius 3 is 2.57 bits per heavy atom. The summed E-state index contributed by atoms with van der Waals surface area (Å²) < 4.78 is 38.3. The van der Waals surface area contributed by atoms with Crippen molar-refractivity contribution >= 4 is 5.96 Å². The predicted octanol–water partition coefficient (Wildman–Crippen LogP) is 3.13. The van der Waals surface area contributed by atoms with Crippen LogP contribution in [0.25, 0.3) is 0 Å². The van der Waals surface area contributed by atoms with E-state index in [-0.39, 0.29) is 12.2 Å². The highest BCUT2D eigenvalue weighted by Crippen LogP contribution is 2.18. The van der Waals surface area contributed by atoms with Gasteiger partial charge in [-0.15, -0.1) is 0 Å². The molecule has 28 heavy (non-hydrogen) atoms. The fraction of sp³-hybridized carbons (Fsp3) is 0.667. The first-order valence-corrected chi connectivity index (χ1v) is 10.3. The Morgan fingerprint density at radius 1 is 1.18 bits per heavy atom. The molecular weight excluding hydrogens is 364 g/mol. The lowest BCUT2D eigenvalue weighted by molar-refractivity contribution is -0.0721. The van der Waals surface area contributed by atoms with E-state index >= 15 is 0 Å². The molecule has 2 heterocycles. The van der Waals surface area contributed by atoms with Crippen molar-refractivity contribution in [3.05, 3.63) is 35.4 Å². The zero-order valence-electron chi connectivity index (χ0n) is 16.6. The van der Waals surface area contributed by atoms with Crippen LogP contribution < -0.4 is 5.32 Å². The highest BCUT2D eigenvalue weighted by molar-refractivity contribution is 5.79. The Morgan fingerprint density at radius 2 is 1.93 bits per heavy atom. The lowest BCUT2D eigenvalue weighted by Gasteiger charge is -2.35. The molecule has 1 unspecified atom stereocenters. The third kappa shape index (κ3) is 6.41. The van der Waals surface area contributed by atoms with Crippen LogP contribution in [0.2, 0.25) is 0 Å². The Hall–Kier alpha value is -1.73. The number of piperidine rings is 1. The summed E-state index contributed by atoms with van der Waals surface area (Å²) in [7, 11) is 1.76. The van der Waals surface area contributed by atoms with Crippen LogP contribution in [0.15, 0.2) is 23.2 Å². The van der Waals surface area contributed by atoms with Crippen LogP contribution in [0.4, 0.5) is 8.78 Å². The second-order valence-electron chi connectivity index (χ2n) is 7.51. The summed E-state index contributed by atoms with van der Waals surface area (Å²) in [5, 5.41) is 3.30. The number of aliphatic imine (C=N–C) groups is 1. The molecular formula is C21H31F2N3O2. The SMILES string of the molecule is CN=C(NCCc1cc(F)cc(F)c1)N1CCC(OCC2CCCCO2)CC1. The van der Waals surface area contributed by atoms with Crippen LogP contribution in [0.3, 0.4) is 0 Å². The van der Waals surface area contributed by atoms with Gasteiger partial charge in [0, 0.05) is 39.4 Å². The zero-order chi connectivity index (χ0) is 19.8. The van der Waals surface area contributed by atoms with Gasteiger partial charge in [0.1, 0.15) is 11.6 Å². The van der Waals surface area contributed by atoms with Crippen LogP contribution in [-0.2, 0) is 15.9 Å². The number of nitrogens with one attached hydrogen (secondary N) is 1. The number of ether oxygens (including phenoxy) is 2. The number of hydrogen-bond donors (Lipinski definition) is 1. The van der Waals surface area contributed by atoms with E-state index in [1.807, 2.05) is 0 Å². The van der Waals surface area contributed by atoms with Gasteiger partial charge in [-0.05, 0) is 56.2 Å². The minimum atomic E-state index is -0.542. The normalized spacial score (nSPS) is 21.8. The molecule has 0 bridgehead atoms. The van der Waals surface area contributed by atoms with Gasteiger partial charge in [0.2, 0.25) is 0 Å². The fourth-order valence-corrected chi connectivity index (χ4v) is 3.82. The quantitative estimate of drug-likeness (QED) is 0.594. The molecule has 1 atom stereocenters. The summed E-state index contributed by atoms with van der Waals surface area (Å²) in [6.45, 7) is 3.89. The average Bonchev–Trinajstić information content (AvgIpc) is 2.70. The minimum Gasteiger partial charge on any atom is -0.376 e. The number of guanidine groups is 1. The molecule has 1 aromatic carbocycles. The summed E-state index contributed by atoms with van der Waals surface area (Å²) in [6, 6.07) is 3.63. The van der Waals surface area contributed by atoms with Crippen molar-refractivity contribution in [1.29, 1.82) is 0 Å². The molecule has 1 N–H and O–H groups in total. The molecule has 0 radical (unpaired) electrons. The number of hydrogen-bond acceptors (Lipinski definition) is 3. The smallest absolute Gasteiger partial charge is 0.193 e. The van der Waals surface area contributed by atoms with Gasteiger partial charge in [0.15, 0.2) is 5.96 Å². The van der Waals surface area contributed by atoms with Crippen molar-refractivity contribution in [3.8, 4) is 0 Å². The molecule has 2 fully saturated rings. The third-order valence-corrected chi connectivity index (χ3v) is 5.36. The lowest BCUT2D eigenvalue weighted by atomic mass is 10.1. The summed E-state index contributed by atoms with van der Waals surface area (Å²) in [5.41, 5.74) is 0.637. The van der Waals surface area contributed by atoms with E-state index in [1.54, 1.807) is 7.05 Å². The molecule has 1 aromatic rings. The van der Waals surface area contributed by atoms with E-state index in [4.69, 9.17) is 9.47 Å². The first-order valence-electron chi connectivity index (χ1n) is 10.3. The zero-order valence-corrected chi connectivity index (χ0v) is 16.6. The summed E-state index contributed by atoms with van der Waals surface area (Å²) in [6.07, 6.45) is 6.49. The first-order chi connectivity index (χ1) is 13.6. The molecule has 0 aromatic heterocycles. The Labute approximate surface area is 166 Å². The summed E-state index contributed by atoms with van der Waals surface area (Å²) in [4.78, 5) is 6.56. The van der Waals surface area contributed by atoms with Crippen molar-refractivity contribution in [3.63, 3.8) is 0 Å². The third-order valence-electron chi connectivity index (χ3n) is 5.36. The van der Waals surface area contributed by atoms with Gasteiger partial charge in [-0.2, -0.15) is 0 Å². The maximum absolute atomic E-state index is 13.3. The van der Waals surface area contributed by atoms with Gasteiger partial charge in [-0.3, -0.25) is 4.99 Å². The maximum atomic E-state index is 13.3. The molecule has 0 aliphatic carbocycles. The molecule has 156 valence electrons. The predicted molar refractivity (Wildman–Crippen MR) is 106 cm³/mol. The lowest BCUT2D eigenvalue weighted by Crippen LogP contribution is -2.47. The van der Waals surface area contributed by atoms with E-state index in [2.05, 4.69) is 15.2 Å². The highest BCUT2D eigenvalue weighted by atomic mass is 19.1. The van der Waals surface area contributed by atoms with Crippen molar-refractivity contribution < 1.29 is 18.3 Å². The van der Waals surface area contributed by atoms with E-state index in [1.165, 1.54) is 18.6 Å². The van der Waals surface area contributed by atoms with Gasteiger partial charge in [0.25, 0.3) is 0 Å². The van der Waals surface area contributed by atoms with Crippen molar-refractivity contribution in [2.24, 2.45) is 4.99 Å². The Bertz CT molecular complexity index is 622. The summed E-state index contributed by atoms with van der Waals surface area (Å²) in [5.74, 6) is -0.258. The highest BCUT2D eigenvalue weighted by Gasteiger charge is 2.23. The van der Waals surface area contributed by atoms with Crippen molar-refractivity contribution in [2.75, 3.05) is 39.9 Å². The molecule has 0 amide bonds. The van der Waals surface area contributed by atoms with Gasteiger partial charge in [-0.1, -0.05) is 0 Å². The van der Waals surface area contributed by atoms with Crippen LogP contribution in [-0.4, -0.2) is 63.0 Å². The fourth-order valence-electron chi connectivity index (χ4n) is 3.82. The topological polar surface area (TPSA) is 46.1 Å². The van der Waals surface area contributed by atoms with Crippen LogP contribution in [0, 0.1) is 11.6 Å². The van der Waals surface area contributed by atoms with Gasteiger partial charge in [0.05, 0.1) is 18.8 Å². The molecule has 5 nitrogen and oxygen atoms in total. The van der Waals surface area contributed by atoms with E-state index in [0.29, 0.717) is 25.1 Å². The van der Waals surface area contributed by atoms with E-state index in [9.17, 15) is 8.78 Å².